The van der Waals surface area contributed by atoms with E-state index in [2.05, 4.69) is 20.4 Å². The molecule has 1 atom stereocenters. The van der Waals surface area contributed by atoms with Crippen LogP contribution in [0.4, 0.5) is 0 Å². The van der Waals surface area contributed by atoms with Gasteiger partial charge >= 0.3 is 5.97 Å². The Bertz CT molecular complexity index is 576. The topological polar surface area (TPSA) is 92.9 Å². The maximum absolute atomic E-state index is 12.2. The minimum atomic E-state index is -0.457. The fraction of sp³-hybridized carbons (Fsp3) is 0.733. The van der Waals surface area contributed by atoms with Gasteiger partial charge in [-0.25, -0.2) is 0 Å². The van der Waals surface area contributed by atoms with Crippen LogP contribution in [0.25, 0.3) is 0 Å². The first-order valence-corrected chi connectivity index (χ1v) is 7.76. The van der Waals surface area contributed by atoms with Gasteiger partial charge in [-0.15, -0.1) is 0 Å². The molecular weight excluding hydrogens is 298 g/mol. The van der Waals surface area contributed by atoms with E-state index >= 15 is 0 Å². The lowest BCUT2D eigenvalue weighted by Gasteiger charge is -2.23. The first-order valence-electron chi connectivity index (χ1n) is 7.76. The van der Waals surface area contributed by atoms with E-state index in [1.807, 2.05) is 25.7 Å². The van der Waals surface area contributed by atoms with Crippen LogP contribution in [0.1, 0.15) is 38.9 Å². The monoisotopic (exact) mass is 323 g/mol. The summed E-state index contributed by atoms with van der Waals surface area (Å²) in [5.41, 5.74) is -0.457. The van der Waals surface area contributed by atoms with Gasteiger partial charge in [0.05, 0.1) is 12.5 Å². The quantitative estimate of drug-likeness (QED) is 0.506. The Morgan fingerprint density at radius 1 is 1.52 bits per heavy atom. The number of guanidine groups is 1. The van der Waals surface area contributed by atoms with Crippen LogP contribution in [0.15, 0.2) is 9.52 Å². The van der Waals surface area contributed by atoms with Crippen LogP contribution in [0.2, 0.25) is 0 Å². The second-order valence-corrected chi connectivity index (χ2v) is 6.60. The van der Waals surface area contributed by atoms with Crippen LogP contribution in [-0.4, -0.2) is 52.7 Å². The summed E-state index contributed by atoms with van der Waals surface area (Å²) in [6.45, 7) is 9.17. The van der Waals surface area contributed by atoms with Crippen molar-refractivity contribution in [3.05, 3.63) is 11.7 Å². The molecule has 1 N–H and O–H groups in total. The van der Waals surface area contributed by atoms with Gasteiger partial charge in [-0.05, 0) is 27.2 Å². The summed E-state index contributed by atoms with van der Waals surface area (Å²) >= 11 is 0. The highest BCUT2D eigenvalue weighted by Gasteiger charge is 2.33. The van der Waals surface area contributed by atoms with Crippen molar-refractivity contribution in [1.82, 2.24) is 20.4 Å². The van der Waals surface area contributed by atoms with Gasteiger partial charge in [-0.2, -0.15) is 4.98 Å². The average Bonchev–Trinajstić information content (AvgIpc) is 3.07. The number of hydrogen-bond donors (Lipinski definition) is 1. The lowest BCUT2D eigenvalue weighted by Crippen LogP contribution is -2.40. The summed E-state index contributed by atoms with van der Waals surface area (Å²) in [4.78, 5) is 22.6. The number of likely N-dealkylation sites (tertiary alicyclic amines) is 1. The highest BCUT2D eigenvalue weighted by atomic mass is 16.6. The van der Waals surface area contributed by atoms with Gasteiger partial charge in [-0.3, -0.25) is 9.79 Å². The molecule has 1 unspecified atom stereocenters. The largest absolute Gasteiger partial charge is 0.460 e. The Morgan fingerprint density at radius 3 is 2.83 bits per heavy atom. The molecular formula is C15H25N5O3. The minimum Gasteiger partial charge on any atom is -0.460 e. The molecule has 1 aromatic heterocycles. The highest BCUT2D eigenvalue weighted by molar-refractivity contribution is 5.82. The minimum absolute atomic E-state index is 0.125. The Balaban J connectivity index is 1.87. The number of aliphatic imine (C=N–C) groups is 1. The first kappa shape index (κ1) is 17.2. The first-order chi connectivity index (χ1) is 10.8. The number of carbonyl (C=O) groups is 1. The molecule has 1 saturated heterocycles. The predicted octanol–water partition coefficient (Wildman–Crippen LogP) is 1.12. The van der Waals surface area contributed by atoms with Gasteiger partial charge in [0.15, 0.2) is 11.8 Å². The van der Waals surface area contributed by atoms with Crippen LogP contribution < -0.4 is 5.32 Å². The van der Waals surface area contributed by atoms with Gasteiger partial charge in [0.2, 0.25) is 5.89 Å². The molecule has 1 aliphatic heterocycles. The van der Waals surface area contributed by atoms with E-state index in [0.29, 0.717) is 24.8 Å². The van der Waals surface area contributed by atoms with E-state index in [0.717, 1.165) is 18.9 Å². The molecule has 1 aromatic rings. The normalized spacial score (nSPS) is 19.1. The summed E-state index contributed by atoms with van der Waals surface area (Å²) in [6, 6.07) is 0. The fourth-order valence-electron chi connectivity index (χ4n) is 2.43. The molecule has 0 aromatic carbocycles. The van der Waals surface area contributed by atoms with Crippen molar-refractivity contribution >= 4 is 11.9 Å². The standard InChI is InChI=1S/C15H25N5O3/c1-10-18-12(19-23-10)8-17-14(16-5)20-7-6-11(9-20)13(21)22-15(2,3)4/h11H,6-9H2,1-5H3,(H,16,17). The molecule has 0 amide bonds. The number of rotatable bonds is 3. The Labute approximate surface area is 136 Å². The van der Waals surface area contributed by atoms with Crippen LogP contribution >= 0.6 is 0 Å². The molecule has 0 saturated carbocycles. The second kappa shape index (κ2) is 6.97. The summed E-state index contributed by atoms with van der Waals surface area (Å²) in [7, 11) is 1.71. The van der Waals surface area contributed by atoms with E-state index in [1.165, 1.54) is 0 Å². The van der Waals surface area contributed by atoms with Gasteiger partial charge in [0.25, 0.3) is 0 Å². The van der Waals surface area contributed by atoms with Crippen LogP contribution in [-0.2, 0) is 16.1 Å². The average molecular weight is 323 g/mol. The number of aromatic nitrogens is 2. The van der Waals surface area contributed by atoms with Crippen molar-refractivity contribution in [1.29, 1.82) is 0 Å². The molecule has 8 heteroatoms. The number of hydrogen-bond acceptors (Lipinski definition) is 6. The summed E-state index contributed by atoms with van der Waals surface area (Å²) in [5.74, 6) is 1.55. The lowest BCUT2D eigenvalue weighted by atomic mass is 10.1. The summed E-state index contributed by atoms with van der Waals surface area (Å²) < 4.78 is 10.4. The van der Waals surface area contributed by atoms with Crippen molar-refractivity contribution in [3.8, 4) is 0 Å². The zero-order valence-electron chi connectivity index (χ0n) is 14.4. The number of carbonyl (C=O) groups excluding carboxylic acids is 1. The van der Waals surface area contributed by atoms with Gasteiger partial charge in [0, 0.05) is 27.1 Å². The Morgan fingerprint density at radius 2 is 2.26 bits per heavy atom. The summed E-state index contributed by atoms with van der Waals surface area (Å²) in [6.07, 6.45) is 0.761. The zero-order valence-corrected chi connectivity index (χ0v) is 14.4. The number of esters is 1. The number of aryl methyl sites for hydroxylation is 1. The van der Waals surface area contributed by atoms with Crippen molar-refractivity contribution in [2.45, 2.75) is 46.3 Å². The maximum Gasteiger partial charge on any atom is 0.311 e. The van der Waals surface area contributed by atoms with Crippen molar-refractivity contribution < 1.29 is 14.1 Å². The smallest absolute Gasteiger partial charge is 0.311 e. The SMILES string of the molecule is CN=C(NCc1noc(C)n1)N1CCC(C(=O)OC(C)(C)C)C1. The molecule has 0 radical (unpaired) electrons. The van der Waals surface area contributed by atoms with Crippen molar-refractivity contribution in [2.24, 2.45) is 10.9 Å². The van der Waals surface area contributed by atoms with E-state index in [-0.39, 0.29) is 11.9 Å². The molecule has 0 bridgehead atoms. The molecule has 2 rings (SSSR count). The van der Waals surface area contributed by atoms with E-state index in [9.17, 15) is 4.79 Å². The highest BCUT2D eigenvalue weighted by Crippen LogP contribution is 2.20. The molecule has 1 fully saturated rings. The number of ether oxygens (including phenoxy) is 1. The molecule has 8 nitrogen and oxygen atoms in total. The third-order valence-corrected chi connectivity index (χ3v) is 3.41. The van der Waals surface area contributed by atoms with E-state index < -0.39 is 5.60 Å². The van der Waals surface area contributed by atoms with E-state index in [1.54, 1.807) is 14.0 Å². The van der Waals surface area contributed by atoms with Gasteiger partial charge < -0.3 is 19.5 Å². The fourth-order valence-corrected chi connectivity index (χ4v) is 2.43. The van der Waals surface area contributed by atoms with Gasteiger partial charge in [0.1, 0.15) is 5.60 Å². The van der Waals surface area contributed by atoms with E-state index in [4.69, 9.17) is 9.26 Å². The predicted molar refractivity (Wildman–Crippen MR) is 84.8 cm³/mol. The Hall–Kier alpha value is -2.12. The number of nitrogens with one attached hydrogen (secondary N) is 1. The molecule has 0 aliphatic carbocycles. The Kier molecular flexibility index (Phi) is 5.23. The lowest BCUT2D eigenvalue weighted by molar-refractivity contribution is -0.159. The van der Waals surface area contributed by atoms with Crippen LogP contribution in [0.3, 0.4) is 0 Å². The molecule has 0 spiro atoms. The maximum atomic E-state index is 12.2. The van der Waals surface area contributed by atoms with Crippen LogP contribution in [0, 0.1) is 12.8 Å². The van der Waals surface area contributed by atoms with Gasteiger partial charge in [-0.1, -0.05) is 5.16 Å². The molecule has 23 heavy (non-hydrogen) atoms. The third kappa shape index (κ3) is 4.94. The van der Waals surface area contributed by atoms with Crippen molar-refractivity contribution in [3.63, 3.8) is 0 Å². The second-order valence-electron chi connectivity index (χ2n) is 6.60. The third-order valence-electron chi connectivity index (χ3n) is 3.41. The molecule has 128 valence electrons. The van der Waals surface area contributed by atoms with Crippen molar-refractivity contribution in [2.75, 3.05) is 20.1 Å². The molecule has 2 heterocycles. The molecule has 1 aliphatic rings. The summed E-state index contributed by atoms with van der Waals surface area (Å²) in [5, 5.41) is 7.02. The van der Waals surface area contributed by atoms with Crippen LogP contribution in [0.5, 0.6) is 0 Å². The zero-order chi connectivity index (χ0) is 17.0. The number of nitrogens with zero attached hydrogens (tertiary/aromatic N) is 4.